The first-order chi connectivity index (χ1) is 9.18. The van der Waals surface area contributed by atoms with Crippen LogP contribution in [0, 0.1) is 5.82 Å². The maximum absolute atomic E-state index is 14.3. The maximum Gasteiger partial charge on any atom is 0.241 e. The molecule has 0 aliphatic carbocycles. The van der Waals surface area contributed by atoms with E-state index in [1.54, 1.807) is 11.9 Å². The predicted molar refractivity (Wildman–Crippen MR) is 76.0 cm³/mol. The van der Waals surface area contributed by atoms with Crippen LogP contribution in [0.25, 0.3) is 0 Å². The molecule has 1 aromatic rings. The summed E-state index contributed by atoms with van der Waals surface area (Å²) >= 11 is 0. The standard InChI is InChI=1S/C13H19FN2O3S/c1-4-5-6-16(3)11-7-10(9(2)17)8-12(13(11)14)20(15,18)19/h7-8H,4-6H2,1-3H3,(H2,15,18,19). The number of carbonyl (C=O) groups is 1. The molecule has 1 rings (SSSR count). The van der Waals surface area contributed by atoms with Gasteiger partial charge in [-0.05, 0) is 25.5 Å². The van der Waals surface area contributed by atoms with Gasteiger partial charge in [-0.15, -0.1) is 0 Å². The molecule has 1 aromatic carbocycles. The van der Waals surface area contributed by atoms with E-state index in [2.05, 4.69) is 0 Å². The molecule has 0 aliphatic heterocycles. The van der Waals surface area contributed by atoms with E-state index in [1.165, 1.54) is 13.0 Å². The van der Waals surface area contributed by atoms with Crippen molar-refractivity contribution in [3.63, 3.8) is 0 Å². The molecule has 0 spiro atoms. The summed E-state index contributed by atoms with van der Waals surface area (Å²) in [5.41, 5.74) is 0.184. The summed E-state index contributed by atoms with van der Waals surface area (Å²) in [5.74, 6) is -1.27. The van der Waals surface area contributed by atoms with Crippen molar-refractivity contribution in [2.45, 2.75) is 31.6 Å². The van der Waals surface area contributed by atoms with E-state index in [4.69, 9.17) is 5.14 Å². The largest absolute Gasteiger partial charge is 0.372 e. The number of ketones is 1. The molecule has 0 amide bonds. The average Bonchev–Trinajstić information content (AvgIpc) is 2.34. The summed E-state index contributed by atoms with van der Waals surface area (Å²) in [5, 5.41) is 5.00. The third-order valence-electron chi connectivity index (χ3n) is 2.99. The molecule has 0 heterocycles. The molecule has 0 aromatic heterocycles. The third-order valence-corrected chi connectivity index (χ3v) is 3.90. The van der Waals surface area contributed by atoms with Crippen LogP contribution in [0.5, 0.6) is 0 Å². The lowest BCUT2D eigenvalue weighted by atomic mass is 10.1. The Morgan fingerprint density at radius 1 is 1.40 bits per heavy atom. The maximum atomic E-state index is 14.3. The number of Topliss-reactive ketones (excluding diaryl/α,β-unsaturated/α-hetero) is 1. The fourth-order valence-electron chi connectivity index (χ4n) is 1.79. The molecule has 112 valence electrons. The van der Waals surface area contributed by atoms with E-state index >= 15 is 0 Å². The van der Waals surface area contributed by atoms with Crippen molar-refractivity contribution in [2.75, 3.05) is 18.5 Å². The van der Waals surface area contributed by atoms with Crippen molar-refractivity contribution >= 4 is 21.5 Å². The molecule has 0 fully saturated rings. The molecule has 0 saturated carbocycles. The number of nitrogens with zero attached hydrogens (tertiary/aromatic N) is 1. The van der Waals surface area contributed by atoms with Crippen LogP contribution in [0.4, 0.5) is 10.1 Å². The lowest BCUT2D eigenvalue weighted by Crippen LogP contribution is -2.23. The Kier molecular flexibility index (Phi) is 5.24. The number of nitrogens with two attached hydrogens (primary N) is 1. The zero-order valence-corrected chi connectivity index (χ0v) is 12.6. The van der Waals surface area contributed by atoms with Crippen LogP contribution in [-0.4, -0.2) is 27.8 Å². The molecule has 2 N–H and O–H groups in total. The van der Waals surface area contributed by atoms with Gasteiger partial charge in [-0.25, -0.2) is 17.9 Å². The highest BCUT2D eigenvalue weighted by Crippen LogP contribution is 2.27. The summed E-state index contributed by atoms with van der Waals surface area (Å²) in [7, 11) is -2.58. The van der Waals surface area contributed by atoms with Crippen molar-refractivity contribution in [1.29, 1.82) is 0 Å². The van der Waals surface area contributed by atoms with E-state index in [-0.39, 0.29) is 17.0 Å². The molecule has 0 aliphatic rings. The van der Waals surface area contributed by atoms with E-state index in [1.807, 2.05) is 6.92 Å². The zero-order valence-electron chi connectivity index (χ0n) is 11.8. The van der Waals surface area contributed by atoms with Crippen LogP contribution in [0.2, 0.25) is 0 Å². The predicted octanol–water partition coefficient (Wildman–Crippen LogP) is 1.91. The van der Waals surface area contributed by atoms with Crippen molar-refractivity contribution in [3.8, 4) is 0 Å². The number of primary sulfonamides is 1. The van der Waals surface area contributed by atoms with Gasteiger partial charge in [0.25, 0.3) is 0 Å². The number of hydrogen-bond donors (Lipinski definition) is 1. The Morgan fingerprint density at radius 3 is 2.45 bits per heavy atom. The summed E-state index contributed by atoms with van der Waals surface area (Å²) in [6, 6.07) is 2.33. The highest BCUT2D eigenvalue weighted by atomic mass is 32.2. The first-order valence-corrected chi connectivity index (χ1v) is 7.81. The van der Waals surface area contributed by atoms with Gasteiger partial charge in [-0.1, -0.05) is 13.3 Å². The zero-order chi connectivity index (χ0) is 15.5. The van der Waals surface area contributed by atoms with Gasteiger partial charge in [0.2, 0.25) is 10.0 Å². The minimum Gasteiger partial charge on any atom is -0.372 e. The number of hydrogen-bond acceptors (Lipinski definition) is 4. The lowest BCUT2D eigenvalue weighted by molar-refractivity contribution is 0.101. The SMILES string of the molecule is CCCCN(C)c1cc(C(C)=O)cc(S(N)(=O)=O)c1F. The molecule has 0 bridgehead atoms. The second-order valence-corrected chi connectivity index (χ2v) is 6.21. The Hall–Kier alpha value is -1.47. The quantitative estimate of drug-likeness (QED) is 0.814. The molecule has 7 heteroatoms. The number of benzene rings is 1. The molecular weight excluding hydrogens is 283 g/mol. The first-order valence-electron chi connectivity index (χ1n) is 6.27. The minimum atomic E-state index is -4.22. The normalized spacial score (nSPS) is 11.4. The van der Waals surface area contributed by atoms with Crippen LogP contribution in [0.3, 0.4) is 0 Å². The number of halogens is 1. The Bertz CT molecular complexity index is 614. The first kappa shape index (κ1) is 16.6. The van der Waals surface area contributed by atoms with E-state index < -0.39 is 20.7 Å². The number of unbranched alkanes of at least 4 members (excludes halogenated alkanes) is 1. The summed E-state index contributed by atoms with van der Waals surface area (Å²) in [6.07, 6.45) is 1.74. The molecule has 0 radical (unpaired) electrons. The molecule has 0 saturated heterocycles. The number of anilines is 1. The van der Waals surface area contributed by atoms with Gasteiger partial charge in [0, 0.05) is 19.2 Å². The van der Waals surface area contributed by atoms with Crippen LogP contribution in [0.1, 0.15) is 37.0 Å². The fourth-order valence-corrected chi connectivity index (χ4v) is 2.43. The minimum absolute atomic E-state index is 0.0650. The highest BCUT2D eigenvalue weighted by Gasteiger charge is 2.22. The van der Waals surface area contributed by atoms with Crippen molar-refractivity contribution in [2.24, 2.45) is 5.14 Å². The Morgan fingerprint density at radius 2 is 2.00 bits per heavy atom. The van der Waals surface area contributed by atoms with Crippen LogP contribution < -0.4 is 10.0 Å². The summed E-state index contributed by atoms with van der Waals surface area (Å²) in [4.78, 5) is 12.4. The second-order valence-electron chi connectivity index (χ2n) is 4.68. The Balaban J connectivity index is 3.43. The van der Waals surface area contributed by atoms with Gasteiger partial charge in [0.05, 0.1) is 5.69 Å². The molecule has 20 heavy (non-hydrogen) atoms. The summed E-state index contributed by atoms with van der Waals surface area (Å²) in [6.45, 7) is 3.83. The van der Waals surface area contributed by atoms with Crippen LogP contribution >= 0.6 is 0 Å². The van der Waals surface area contributed by atoms with Gasteiger partial charge >= 0.3 is 0 Å². The second kappa shape index (κ2) is 6.32. The lowest BCUT2D eigenvalue weighted by Gasteiger charge is -2.21. The van der Waals surface area contributed by atoms with Crippen molar-refractivity contribution in [1.82, 2.24) is 0 Å². The van der Waals surface area contributed by atoms with Crippen molar-refractivity contribution in [3.05, 3.63) is 23.5 Å². The smallest absolute Gasteiger partial charge is 0.241 e. The van der Waals surface area contributed by atoms with Gasteiger partial charge in [0.1, 0.15) is 4.90 Å². The molecule has 0 unspecified atom stereocenters. The monoisotopic (exact) mass is 302 g/mol. The van der Waals surface area contributed by atoms with Gasteiger partial charge in [-0.3, -0.25) is 4.79 Å². The van der Waals surface area contributed by atoms with Crippen LogP contribution in [0.15, 0.2) is 17.0 Å². The third kappa shape index (κ3) is 3.77. The summed E-state index contributed by atoms with van der Waals surface area (Å²) < 4.78 is 37.1. The number of carbonyl (C=O) groups excluding carboxylic acids is 1. The number of rotatable bonds is 6. The van der Waals surface area contributed by atoms with Gasteiger partial charge in [-0.2, -0.15) is 0 Å². The van der Waals surface area contributed by atoms with E-state index in [0.717, 1.165) is 18.9 Å². The fraction of sp³-hybridized carbons (Fsp3) is 0.462. The molecule has 5 nitrogen and oxygen atoms in total. The van der Waals surface area contributed by atoms with Crippen molar-refractivity contribution < 1.29 is 17.6 Å². The molecule has 0 atom stereocenters. The van der Waals surface area contributed by atoms with E-state index in [0.29, 0.717) is 6.54 Å². The van der Waals surface area contributed by atoms with E-state index in [9.17, 15) is 17.6 Å². The van der Waals surface area contributed by atoms with Gasteiger partial charge < -0.3 is 4.90 Å². The van der Waals surface area contributed by atoms with Crippen LogP contribution in [-0.2, 0) is 10.0 Å². The topological polar surface area (TPSA) is 80.5 Å². The Labute approximate surface area is 118 Å². The highest BCUT2D eigenvalue weighted by molar-refractivity contribution is 7.89. The van der Waals surface area contributed by atoms with Gasteiger partial charge in [0.15, 0.2) is 11.6 Å². The molecular formula is C13H19FN2O3S. The number of sulfonamides is 1. The average molecular weight is 302 g/mol.